The number of aliphatic hydroxyl groups is 1. The second-order valence-corrected chi connectivity index (χ2v) is 3.77. The van der Waals surface area contributed by atoms with Crippen molar-refractivity contribution in [3.8, 4) is 0 Å². The van der Waals surface area contributed by atoms with Gasteiger partial charge in [0, 0.05) is 6.54 Å². The van der Waals surface area contributed by atoms with Crippen molar-refractivity contribution in [3.05, 3.63) is 29.1 Å². The standard InChI is InChI=1S/C11H12F5NO/c1-2-3-5(18)4-17-11-9(15)7(13)6(12)8(14)10(11)16/h5,17-18H,2-4H2,1H3. The summed E-state index contributed by atoms with van der Waals surface area (Å²) in [6, 6.07) is 0. The van der Waals surface area contributed by atoms with Crippen LogP contribution in [-0.2, 0) is 0 Å². The van der Waals surface area contributed by atoms with Crippen LogP contribution in [0.1, 0.15) is 19.8 Å². The molecule has 0 aliphatic heterocycles. The van der Waals surface area contributed by atoms with E-state index < -0.39 is 40.9 Å². The first-order valence-electron chi connectivity index (χ1n) is 5.33. The third kappa shape index (κ3) is 2.90. The average Bonchev–Trinajstić information content (AvgIpc) is 2.34. The molecule has 0 saturated carbocycles. The van der Waals surface area contributed by atoms with E-state index >= 15 is 0 Å². The van der Waals surface area contributed by atoms with Crippen LogP contribution in [-0.4, -0.2) is 17.8 Å². The highest BCUT2D eigenvalue weighted by Crippen LogP contribution is 2.27. The highest BCUT2D eigenvalue weighted by atomic mass is 19.2. The molecule has 102 valence electrons. The number of rotatable bonds is 5. The van der Waals surface area contributed by atoms with E-state index in [-0.39, 0.29) is 6.54 Å². The number of hydrogen-bond acceptors (Lipinski definition) is 2. The molecule has 2 N–H and O–H groups in total. The van der Waals surface area contributed by atoms with E-state index in [0.29, 0.717) is 12.8 Å². The number of nitrogens with one attached hydrogen (secondary N) is 1. The minimum atomic E-state index is -2.20. The van der Waals surface area contributed by atoms with Gasteiger partial charge in [-0.3, -0.25) is 0 Å². The molecule has 1 aromatic rings. The molecule has 0 radical (unpaired) electrons. The Morgan fingerprint density at radius 2 is 1.39 bits per heavy atom. The molecule has 0 spiro atoms. The van der Waals surface area contributed by atoms with Gasteiger partial charge in [-0.25, -0.2) is 22.0 Å². The molecular formula is C11H12F5NO. The van der Waals surface area contributed by atoms with Crippen LogP contribution >= 0.6 is 0 Å². The van der Waals surface area contributed by atoms with Gasteiger partial charge in [0.15, 0.2) is 23.3 Å². The molecule has 0 amide bonds. The largest absolute Gasteiger partial charge is 0.391 e. The van der Waals surface area contributed by atoms with E-state index in [9.17, 15) is 27.1 Å². The number of aliphatic hydroxyl groups excluding tert-OH is 1. The summed E-state index contributed by atoms with van der Waals surface area (Å²) in [6.45, 7) is 1.48. The zero-order valence-electron chi connectivity index (χ0n) is 9.54. The highest BCUT2D eigenvalue weighted by Gasteiger charge is 2.25. The molecule has 0 heterocycles. The van der Waals surface area contributed by atoms with Crippen molar-refractivity contribution in [2.45, 2.75) is 25.9 Å². The molecule has 0 aliphatic rings. The number of anilines is 1. The predicted octanol–water partition coefficient (Wildman–Crippen LogP) is 2.96. The van der Waals surface area contributed by atoms with Crippen molar-refractivity contribution in [3.63, 3.8) is 0 Å². The second kappa shape index (κ2) is 5.99. The lowest BCUT2D eigenvalue weighted by Crippen LogP contribution is -2.21. The summed E-state index contributed by atoms with van der Waals surface area (Å²) >= 11 is 0. The van der Waals surface area contributed by atoms with Crippen molar-refractivity contribution in [1.82, 2.24) is 0 Å². The van der Waals surface area contributed by atoms with Crippen LogP contribution in [0, 0.1) is 29.1 Å². The van der Waals surface area contributed by atoms with Gasteiger partial charge in [0.25, 0.3) is 0 Å². The van der Waals surface area contributed by atoms with Crippen LogP contribution in [0.5, 0.6) is 0 Å². The summed E-state index contributed by atoms with van der Waals surface area (Å²) in [7, 11) is 0. The third-order valence-corrected chi connectivity index (χ3v) is 2.35. The Morgan fingerprint density at radius 3 is 1.83 bits per heavy atom. The second-order valence-electron chi connectivity index (χ2n) is 3.77. The molecule has 1 aromatic carbocycles. The fourth-order valence-corrected chi connectivity index (χ4v) is 1.42. The topological polar surface area (TPSA) is 32.3 Å². The summed E-state index contributed by atoms with van der Waals surface area (Å²) in [5, 5.41) is 11.3. The molecule has 0 bridgehead atoms. The van der Waals surface area contributed by atoms with E-state index in [1.165, 1.54) is 0 Å². The summed E-state index contributed by atoms with van der Waals surface area (Å²) in [5.74, 6) is -10.1. The molecule has 1 rings (SSSR count). The van der Waals surface area contributed by atoms with Crippen LogP contribution in [0.3, 0.4) is 0 Å². The molecular weight excluding hydrogens is 257 g/mol. The molecule has 1 unspecified atom stereocenters. The lowest BCUT2D eigenvalue weighted by atomic mass is 10.2. The smallest absolute Gasteiger partial charge is 0.200 e. The Labute approximate surface area is 100 Å². The van der Waals surface area contributed by atoms with Crippen LogP contribution in [0.4, 0.5) is 27.6 Å². The minimum absolute atomic E-state index is 0.299. The Morgan fingerprint density at radius 1 is 0.944 bits per heavy atom. The van der Waals surface area contributed by atoms with Crippen molar-refractivity contribution in [2.24, 2.45) is 0 Å². The average molecular weight is 269 g/mol. The first-order chi connectivity index (χ1) is 8.40. The van der Waals surface area contributed by atoms with Gasteiger partial charge in [0.1, 0.15) is 5.69 Å². The van der Waals surface area contributed by atoms with Gasteiger partial charge in [-0.1, -0.05) is 13.3 Å². The van der Waals surface area contributed by atoms with Crippen LogP contribution in [0.15, 0.2) is 0 Å². The minimum Gasteiger partial charge on any atom is -0.391 e. The SMILES string of the molecule is CCCC(O)CNc1c(F)c(F)c(F)c(F)c1F. The van der Waals surface area contributed by atoms with Gasteiger partial charge in [0.05, 0.1) is 6.10 Å². The first kappa shape index (κ1) is 14.7. The maximum atomic E-state index is 13.2. The van der Waals surface area contributed by atoms with Gasteiger partial charge >= 0.3 is 0 Å². The van der Waals surface area contributed by atoms with Crippen LogP contribution < -0.4 is 5.32 Å². The zero-order valence-corrected chi connectivity index (χ0v) is 9.54. The van der Waals surface area contributed by atoms with E-state index in [4.69, 9.17) is 0 Å². The van der Waals surface area contributed by atoms with Gasteiger partial charge in [-0.2, -0.15) is 0 Å². The summed E-state index contributed by atoms with van der Waals surface area (Å²) in [6.07, 6.45) is 0.0486. The Bertz CT molecular complexity index is 409. The highest BCUT2D eigenvalue weighted by molar-refractivity contribution is 5.47. The Balaban J connectivity index is 2.96. The number of halogens is 5. The fourth-order valence-electron chi connectivity index (χ4n) is 1.42. The first-order valence-corrected chi connectivity index (χ1v) is 5.33. The summed E-state index contributed by atoms with van der Waals surface area (Å²) in [5.41, 5.74) is -1.12. The van der Waals surface area contributed by atoms with E-state index in [1.54, 1.807) is 6.92 Å². The van der Waals surface area contributed by atoms with E-state index in [2.05, 4.69) is 0 Å². The molecule has 2 nitrogen and oxygen atoms in total. The summed E-state index contributed by atoms with van der Waals surface area (Å²) < 4.78 is 64.7. The molecule has 7 heteroatoms. The van der Waals surface area contributed by atoms with Crippen LogP contribution in [0.25, 0.3) is 0 Å². The van der Waals surface area contributed by atoms with Gasteiger partial charge in [-0.05, 0) is 6.42 Å². The number of hydrogen-bond donors (Lipinski definition) is 2. The predicted molar refractivity (Wildman–Crippen MR) is 55.6 cm³/mol. The van der Waals surface area contributed by atoms with E-state index in [0.717, 1.165) is 0 Å². The lowest BCUT2D eigenvalue weighted by molar-refractivity contribution is 0.176. The Hall–Kier alpha value is -1.37. The summed E-state index contributed by atoms with van der Waals surface area (Å²) in [4.78, 5) is 0. The monoisotopic (exact) mass is 269 g/mol. The van der Waals surface area contributed by atoms with Gasteiger partial charge in [0.2, 0.25) is 5.82 Å². The molecule has 0 aromatic heterocycles. The normalized spacial score (nSPS) is 12.6. The molecule has 18 heavy (non-hydrogen) atoms. The van der Waals surface area contributed by atoms with Crippen molar-refractivity contribution >= 4 is 5.69 Å². The van der Waals surface area contributed by atoms with Crippen molar-refractivity contribution in [2.75, 3.05) is 11.9 Å². The van der Waals surface area contributed by atoms with Gasteiger partial charge < -0.3 is 10.4 Å². The maximum absolute atomic E-state index is 13.2. The van der Waals surface area contributed by atoms with Crippen molar-refractivity contribution in [1.29, 1.82) is 0 Å². The number of benzene rings is 1. The molecule has 0 saturated heterocycles. The molecule has 0 fully saturated rings. The third-order valence-electron chi connectivity index (χ3n) is 2.35. The van der Waals surface area contributed by atoms with E-state index in [1.807, 2.05) is 5.32 Å². The lowest BCUT2D eigenvalue weighted by Gasteiger charge is -2.14. The molecule has 1 atom stereocenters. The quantitative estimate of drug-likeness (QED) is 0.489. The zero-order chi connectivity index (χ0) is 13.9. The van der Waals surface area contributed by atoms with Crippen molar-refractivity contribution < 1.29 is 27.1 Å². The Kier molecular flexibility index (Phi) is 4.89. The fraction of sp³-hybridized carbons (Fsp3) is 0.455. The maximum Gasteiger partial charge on any atom is 0.200 e. The van der Waals surface area contributed by atoms with Gasteiger partial charge in [-0.15, -0.1) is 0 Å². The molecule has 0 aliphatic carbocycles. The van der Waals surface area contributed by atoms with Crippen LogP contribution in [0.2, 0.25) is 0 Å².